The summed E-state index contributed by atoms with van der Waals surface area (Å²) in [6, 6.07) is 14.5. The number of nitrogens with one attached hydrogen (secondary N) is 1. The Morgan fingerprint density at radius 1 is 1.19 bits per heavy atom. The number of carbonyl (C=O) groups is 1. The quantitative estimate of drug-likeness (QED) is 0.351. The first-order valence-electron chi connectivity index (χ1n) is 11.8. The third kappa shape index (κ3) is 4.88. The minimum absolute atomic E-state index is 0.147. The third-order valence-electron chi connectivity index (χ3n) is 6.28. The maximum atomic E-state index is 12.9. The SMILES string of the molecule is CCOc1cccc2cc(-c3csc(NC(=O)C4CCN(S(=O)(=O)c5ccc(C)cc5)CC4)n3)oc12. The summed E-state index contributed by atoms with van der Waals surface area (Å²) in [6.07, 6.45) is 0.915. The third-order valence-corrected chi connectivity index (χ3v) is 8.95. The zero-order chi connectivity index (χ0) is 25.3. The molecule has 0 bridgehead atoms. The van der Waals surface area contributed by atoms with Gasteiger partial charge in [-0.15, -0.1) is 11.3 Å². The second-order valence-corrected chi connectivity index (χ2v) is 11.5. The van der Waals surface area contributed by atoms with E-state index in [0.29, 0.717) is 60.5 Å². The van der Waals surface area contributed by atoms with E-state index < -0.39 is 10.0 Å². The van der Waals surface area contributed by atoms with Crippen molar-refractivity contribution in [1.82, 2.24) is 9.29 Å². The minimum Gasteiger partial charge on any atom is -0.490 e. The van der Waals surface area contributed by atoms with Gasteiger partial charge in [0.15, 0.2) is 22.2 Å². The second kappa shape index (κ2) is 10.0. The van der Waals surface area contributed by atoms with Gasteiger partial charge in [-0.05, 0) is 51.0 Å². The smallest absolute Gasteiger partial charge is 0.243 e. The molecule has 0 unspecified atom stereocenters. The number of piperidine rings is 1. The Morgan fingerprint density at radius 3 is 2.67 bits per heavy atom. The highest BCUT2D eigenvalue weighted by Crippen LogP contribution is 2.35. The molecule has 8 nitrogen and oxygen atoms in total. The van der Waals surface area contributed by atoms with Gasteiger partial charge in [0, 0.05) is 29.8 Å². The number of fused-ring (bicyclic) bond motifs is 1. The zero-order valence-corrected chi connectivity index (χ0v) is 21.7. The van der Waals surface area contributed by atoms with Crippen molar-refractivity contribution >= 4 is 43.4 Å². The van der Waals surface area contributed by atoms with Crippen LogP contribution < -0.4 is 10.1 Å². The Hall–Kier alpha value is -3.21. The van der Waals surface area contributed by atoms with Crippen molar-refractivity contribution in [2.75, 3.05) is 25.0 Å². The number of sulfonamides is 1. The lowest BCUT2D eigenvalue weighted by molar-refractivity contribution is -0.120. The van der Waals surface area contributed by atoms with Crippen LogP contribution in [0.2, 0.25) is 0 Å². The molecule has 1 saturated heterocycles. The molecule has 5 rings (SSSR count). The van der Waals surface area contributed by atoms with Gasteiger partial charge < -0.3 is 14.5 Å². The van der Waals surface area contributed by atoms with E-state index in [1.54, 1.807) is 24.3 Å². The van der Waals surface area contributed by atoms with Gasteiger partial charge in [0.1, 0.15) is 5.69 Å². The van der Waals surface area contributed by atoms with Crippen molar-refractivity contribution in [1.29, 1.82) is 0 Å². The van der Waals surface area contributed by atoms with Crippen LogP contribution in [0.15, 0.2) is 63.2 Å². The number of rotatable bonds is 7. The first kappa shape index (κ1) is 24.5. The normalized spacial score (nSPS) is 15.3. The zero-order valence-electron chi connectivity index (χ0n) is 20.1. The molecule has 10 heteroatoms. The molecule has 1 aliphatic heterocycles. The highest BCUT2D eigenvalue weighted by molar-refractivity contribution is 7.89. The van der Waals surface area contributed by atoms with Crippen molar-refractivity contribution in [3.05, 3.63) is 59.5 Å². The van der Waals surface area contributed by atoms with Crippen molar-refractivity contribution in [3.8, 4) is 17.2 Å². The van der Waals surface area contributed by atoms with Gasteiger partial charge in [0.2, 0.25) is 15.9 Å². The van der Waals surface area contributed by atoms with Crippen LogP contribution in [-0.2, 0) is 14.8 Å². The van der Waals surface area contributed by atoms with E-state index in [1.165, 1.54) is 15.6 Å². The fraction of sp³-hybridized carbons (Fsp3) is 0.308. The van der Waals surface area contributed by atoms with Crippen LogP contribution >= 0.6 is 11.3 Å². The minimum atomic E-state index is -3.56. The van der Waals surface area contributed by atoms with Crippen LogP contribution in [0.5, 0.6) is 5.75 Å². The first-order valence-corrected chi connectivity index (χ1v) is 14.2. The molecule has 188 valence electrons. The Kier molecular flexibility index (Phi) is 6.83. The number of anilines is 1. The van der Waals surface area contributed by atoms with E-state index >= 15 is 0 Å². The summed E-state index contributed by atoms with van der Waals surface area (Å²) in [4.78, 5) is 17.7. The van der Waals surface area contributed by atoms with E-state index in [2.05, 4.69) is 10.3 Å². The van der Waals surface area contributed by atoms with Gasteiger partial charge in [0.25, 0.3) is 0 Å². The summed E-state index contributed by atoms with van der Waals surface area (Å²) in [7, 11) is -3.56. The number of furan rings is 1. The van der Waals surface area contributed by atoms with Gasteiger partial charge in [-0.25, -0.2) is 13.4 Å². The molecule has 1 aliphatic rings. The average Bonchev–Trinajstić information content (AvgIpc) is 3.52. The number of hydrogen-bond donors (Lipinski definition) is 1. The van der Waals surface area contributed by atoms with E-state index in [1.807, 2.05) is 43.5 Å². The number of aromatic nitrogens is 1. The molecule has 2 aromatic carbocycles. The van der Waals surface area contributed by atoms with Crippen LogP contribution in [0.3, 0.4) is 0 Å². The molecule has 4 aromatic rings. The lowest BCUT2D eigenvalue weighted by Gasteiger charge is -2.30. The van der Waals surface area contributed by atoms with Gasteiger partial charge in [-0.2, -0.15) is 4.31 Å². The molecule has 0 aliphatic carbocycles. The van der Waals surface area contributed by atoms with Crippen LogP contribution in [0.25, 0.3) is 22.4 Å². The maximum absolute atomic E-state index is 12.9. The number of nitrogens with zero attached hydrogens (tertiary/aromatic N) is 2. The largest absolute Gasteiger partial charge is 0.490 e. The Morgan fingerprint density at radius 2 is 1.94 bits per heavy atom. The lowest BCUT2D eigenvalue weighted by atomic mass is 9.97. The molecule has 3 heterocycles. The number of para-hydroxylation sites is 1. The van der Waals surface area contributed by atoms with Crippen molar-refractivity contribution in [2.24, 2.45) is 5.92 Å². The predicted molar refractivity (Wildman–Crippen MR) is 140 cm³/mol. The fourth-order valence-electron chi connectivity index (χ4n) is 4.30. The van der Waals surface area contributed by atoms with E-state index in [9.17, 15) is 13.2 Å². The van der Waals surface area contributed by atoms with Crippen LogP contribution in [0.4, 0.5) is 5.13 Å². The van der Waals surface area contributed by atoms with Crippen molar-refractivity contribution in [2.45, 2.75) is 31.6 Å². The molecule has 0 spiro atoms. The lowest BCUT2D eigenvalue weighted by Crippen LogP contribution is -2.41. The summed E-state index contributed by atoms with van der Waals surface area (Å²) in [6.45, 7) is 4.99. The summed E-state index contributed by atoms with van der Waals surface area (Å²) >= 11 is 1.32. The number of hydrogen-bond acceptors (Lipinski definition) is 7. The maximum Gasteiger partial charge on any atom is 0.243 e. The summed E-state index contributed by atoms with van der Waals surface area (Å²) in [5.74, 6) is 0.859. The molecule has 0 saturated carbocycles. The van der Waals surface area contributed by atoms with Crippen LogP contribution in [0, 0.1) is 12.8 Å². The highest BCUT2D eigenvalue weighted by Gasteiger charge is 2.32. The molecular formula is C26H27N3O5S2. The molecule has 1 amide bonds. The monoisotopic (exact) mass is 525 g/mol. The standard InChI is InChI=1S/C26H27N3O5S2/c1-3-33-22-6-4-5-19-15-23(34-24(19)22)21-16-35-26(27-21)28-25(30)18-11-13-29(14-12-18)36(31,32)20-9-7-17(2)8-10-20/h4-10,15-16,18H,3,11-14H2,1-2H3,(H,27,28,30). The van der Waals surface area contributed by atoms with E-state index in [-0.39, 0.29) is 16.7 Å². The van der Waals surface area contributed by atoms with Gasteiger partial charge in [-0.1, -0.05) is 29.8 Å². The first-order chi connectivity index (χ1) is 17.3. The van der Waals surface area contributed by atoms with Crippen molar-refractivity contribution < 1.29 is 22.4 Å². The predicted octanol–water partition coefficient (Wildman–Crippen LogP) is 5.30. The highest BCUT2D eigenvalue weighted by atomic mass is 32.2. The summed E-state index contributed by atoms with van der Waals surface area (Å²) in [5.41, 5.74) is 2.30. The molecule has 1 N–H and O–H groups in total. The Bertz CT molecular complexity index is 1480. The molecule has 2 aromatic heterocycles. The molecule has 0 atom stereocenters. The summed E-state index contributed by atoms with van der Waals surface area (Å²) in [5, 5.41) is 6.13. The van der Waals surface area contributed by atoms with Crippen molar-refractivity contribution in [3.63, 3.8) is 0 Å². The van der Waals surface area contributed by atoms with Crippen LogP contribution in [0.1, 0.15) is 25.3 Å². The van der Waals surface area contributed by atoms with E-state index in [0.717, 1.165) is 10.9 Å². The molecule has 36 heavy (non-hydrogen) atoms. The molecule has 0 radical (unpaired) electrons. The summed E-state index contributed by atoms with van der Waals surface area (Å²) < 4.78 is 39.0. The number of ether oxygens (including phenoxy) is 1. The number of benzene rings is 2. The van der Waals surface area contributed by atoms with Gasteiger partial charge >= 0.3 is 0 Å². The average molecular weight is 526 g/mol. The number of aryl methyl sites for hydroxylation is 1. The van der Waals surface area contributed by atoms with Gasteiger partial charge in [-0.3, -0.25) is 4.79 Å². The number of carbonyl (C=O) groups excluding carboxylic acids is 1. The molecular weight excluding hydrogens is 498 g/mol. The number of amides is 1. The molecule has 1 fully saturated rings. The Balaban J connectivity index is 1.22. The topological polar surface area (TPSA) is 102 Å². The van der Waals surface area contributed by atoms with Gasteiger partial charge in [0.05, 0.1) is 11.5 Å². The number of thiazole rings is 1. The Labute approximate surface area is 214 Å². The van der Waals surface area contributed by atoms with E-state index in [4.69, 9.17) is 9.15 Å². The second-order valence-electron chi connectivity index (χ2n) is 8.74. The van der Waals surface area contributed by atoms with Crippen LogP contribution in [-0.4, -0.2) is 43.3 Å². The fourth-order valence-corrected chi connectivity index (χ4v) is 6.47.